The molecule has 2 aromatic heterocycles. The van der Waals surface area contributed by atoms with Gasteiger partial charge in [0.1, 0.15) is 17.3 Å². The minimum atomic E-state index is -0.104. The lowest BCUT2D eigenvalue weighted by Gasteiger charge is -2.25. The Balaban J connectivity index is 1.89. The predicted molar refractivity (Wildman–Crippen MR) is 113 cm³/mol. The quantitative estimate of drug-likeness (QED) is 0.581. The van der Waals surface area contributed by atoms with Crippen molar-refractivity contribution in [3.8, 4) is 0 Å². The van der Waals surface area contributed by atoms with Crippen LogP contribution in [0.3, 0.4) is 0 Å². The van der Waals surface area contributed by atoms with Crippen LogP contribution in [-0.4, -0.2) is 34.5 Å². The number of anilines is 1. The first-order valence-corrected chi connectivity index (χ1v) is 9.74. The lowest BCUT2D eigenvalue weighted by Crippen LogP contribution is -2.20. The minimum Gasteiger partial charge on any atom is -0.370 e. The van der Waals surface area contributed by atoms with E-state index in [1.165, 1.54) is 6.33 Å². The highest BCUT2D eigenvalue weighted by Crippen LogP contribution is 2.33. The van der Waals surface area contributed by atoms with Gasteiger partial charge in [-0.05, 0) is 29.9 Å². The van der Waals surface area contributed by atoms with Gasteiger partial charge in [-0.3, -0.25) is 9.78 Å². The fourth-order valence-electron chi connectivity index (χ4n) is 3.60. The number of halogens is 1. The van der Waals surface area contributed by atoms with Crippen molar-refractivity contribution in [1.29, 1.82) is 0 Å². The molecule has 0 saturated carbocycles. The van der Waals surface area contributed by atoms with Crippen LogP contribution in [0.25, 0.3) is 10.9 Å². The normalized spacial score (nSPS) is 13.1. The van der Waals surface area contributed by atoms with Gasteiger partial charge in [0.15, 0.2) is 0 Å². The van der Waals surface area contributed by atoms with Gasteiger partial charge in [0, 0.05) is 31.2 Å². The third kappa shape index (κ3) is 4.22. The third-order valence-corrected chi connectivity index (χ3v) is 5.25. The monoisotopic (exact) mass is 397 g/mol. The molecule has 1 amide bonds. The number of carbonyl (C=O) groups excluding carboxylic acids is 1. The number of para-hydroxylation sites is 1. The van der Waals surface area contributed by atoms with Crippen molar-refractivity contribution >= 4 is 34.2 Å². The molecule has 2 atom stereocenters. The first-order chi connectivity index (χ1) is 13.5. The molecular formula is C21H24ClN5O. The second-order valence-corrected chi connectivity index (χ2v) is 7.17. The van der Waals surface area contributed by atoms with Crippen LogP contribution in [0.4, 0.5) is 5.82 Å². The Morgan fingerprint density at radius 3 is 2.75 bits per heavy atom. The van der Waals surface area contributed by atoms with Gasteiger partial charge in [0.05, 0.1) is 11.1 Å². The Morgan fingerprint density at radius 1 is 1.21 bits per heavy atom. The lowest BCUT2D eigenvalue weighted by atomic mass is 9.83. The molecule has 3 rings (SSSR count). The lowest BCUT2D eigenvalue weighted by molar-refractivity contribution is 0.0964. The van der Waals surface area contributed by atoms with E-state index in [9.17, 15) is 4.79 Å². The van der Waals surface area contributed by atoms with Crippen LogP contribution in [0.15, 0.2) is 42.9 Å². The highest BCUT2D eigenvalue weighted by Gasteiger charge is 2.21. The Kier molecular flexibility index (Phi) is 6.41. The number of fused-ring (bicyclic) bond motifs is 1. The average Bonchev–Trinajstić information content (AvgIpc) is 2.72. The molecule has 0 fully saturated rings. The maximum Gasteiger partial charge on any atom is 0.251 e. The molecule has 0 saturated heterocycles. The number of pyridine rings is 1. The summed E-state index contributed by atoms with van der Waals surface area (Å²) in [6.45, 7) is 5.10. The molecule has 2 N–H and O–H groups in total. The van der Waals surface area contributed by atoms with Crippen molar-refractivity contribution in [2.24, 2.45) is 5.92 Å². The van der Waals surface area contributed by atoms with E-state index in [-0.39, 0.29) is 11.8 Å². The Labute approximate surface area is 169 Å². The molecule has 0 aliphatic carbocycles. The maximum absolute atomic E-state index is 12.2. The van der Waals surface area contributed by atoms with E-state index in [4.69, 9.17) is 11.6 Å². The molecule has 0 bridgehead atoms. The number of aromatic nitrogens is 3. The molecule has 0 aliphatic heterocycles. The van der Waals surface area contributed by atoms with E-state index in [1.54, 1.807) is 25.4 Å². The molecule has 6 nitrogen and oxygen atoms in total. The SMILES string of the molecule is CCC(c1cccc2c(C(=O)NC)ccnc12)C(C)CNc1cc(Cl)ncn1. The van der Waals surface area contributed by atoms with Crippen LogP contribution in [0, 0.1) is 5.92 Å². The van der Waals surface area contributed by atoms with Gasteiger partial charge in [-0.1, -0.05) is 43.6 Å². The van der Waals surface area contributed by atoms with Gasteiger partial charge in [0.25, 0.3) is 5.91 Å². The molecule has 0 aliphatic rings. The van der Waals surface area contributed by atoms with Crippen molar-refractivity contribution in [1.82, 2.24) is 20.3 Å². The fraction of sp³-hybridized carbons (Fsp3) is 0.333. The third-order valence-electron chi connectivity index (χ3n) is 5.04. The van der Waals surface area contributed by atoms with E-state index in [0.717, 1.165) is 29.4 Å². The maximum atomic E-state index is 12.2. The first kappa shape index (κ1) is 20.0. The van der Waals surface area contributed by atoms with Crippen LogP contribution >= 0.6 is 11.6 Å². The molecule has 1 aromatic carbocycles. The molecular weight excluding hydrogens is 374 g/mol. The highest BCUT2D eigenvalue weighted by atomic mass is 35.5. The second kappa shape index (κ2) is 8.97. The summed E-state index contributed by atoms with van der Waals surface area (Å²) in [5, 5.41) is 7.33. The van der Waals surface area contributed by atoms with Gasteiger partial charge >= 0.3 is 0 Å². The van der Waals surface area contributed by atoms with E-state index < -0.39 is 0 Å². The van der Waals surface area contributed by atoms with E-state index in [2.05, 4.69) is 45.5 Å². The largest absolute Gasteiger partial charge is 0.370 e. The van der Waals surface area contributed by atoms with Gasteiger partial charge in [-0.15, -0.1) is 0 Å². The topological polar surface area (TPSA) is 79.8 Å². The van der Waals surface area contributed by atoms with Crippen LogP contribution in [-0.2, 0) is 0 Å². The average molecular weight is 398 g/mol. The number of benzene rings is 1. The zero-order valence-corrected chi connectivity index (χ0v) is 17.0. The summed E-state index contributed by atoms with van der Waals surface area (Å²) in [5.74, 6) is 1.20. The number of carbonyl (C=O) groups is 1. The van der Waals surface area contributed by atoms with Gasteiger partial charge in [-0.2, -0.15) is 0 Å². The van der Waals surface area contributed by atoms with Crippen molar-refractivity contribution in [2.75, 3.05) is 18.9 Å². The van der Waals surface area contributed by atoms with Crippen molar-refractivity contribution in [3.63, 3.8) is 0 Å². The molecule has 2 heterocycles. The smallest absolute Gasteiger partial charge is 0.251 e. The molecule has 28 heavy (non-hydrogen) atoms. The zero-order valence-electron chi connectivity index (χ0n) is 16.2. The highest BCUT2D eigenvalue weighted by molar-refractivity contribution is 6.29. The molecule has 0 spiro atoms. The van der Waals surface area contributed by atoms with Crippen molar-refractivity contribution < 1.29 is 4.79 Å². The summed E-state index contributed by atoms with van der Waals surface area (Å²) >= 11 is 5.93. The standard InChI is InChI=1S/C21H24ClN5O/c1-4-14(13(2)11-25-19-10-18(22)26-12-27-19)15-6-5-7-16-17(21(28)23-3)8-9-24-20(15)16/h5-10,12-14H,4,11H2,1-3H3,(H,23,28)(H,25,26,27). The van der Waals surface area contributed by atoms with Crippen LogP contribution < -0.4 is 10.6 Å². The number of nitrogens with one attached hydrogen (secondary N) is 2. The number of hydrogen-bond donors (Lipinski definition) is 2. The number of nitrogens with zero attached hydrogens (tertiary/aromatic N) is 3. The first-order valence-electron chi connectivity index (χ1n) is 9.36. The van der Waals surface area contributed by atoms with Crippen molar-refractivity contribution in [3.05, 3.63) is 59.1 Å². The summed E-state index contributed by atoms with van der Waals surface area (Å²) in [5.41, 5.74) is 2.68. The summed E-state index contributed by atoms with van der Waals surface area (Å²) in [7, 11) is 1.64. The van der Waals surface area contributed by atoms with Crippen LogP contribution in [0.2, 0.25) is 5.15 Å². The molecule has 3 aromatic rings. The van der Waals surface area contributed by atoms with E-state index >= 15 is 0 Å². The van der Waals surface area contributed by atoms with Gasteiger partial charge in [0.2, 0.25) is 0 Å². The molecule has 7 heteroatoms. The molecule has 2 unspecified atom stereocenters. The minimum absolute atomic E-state index is 0.104. The fourth-order valence-corrected chi connectivity index (χ4v) is 3.74. The Hall–Kier alpha value is -2.73. The van der Waals surface area contributed by atoms with E-state index in [1.807, 2.05) is 12.1 Å². The van der Waals surface area contributed by atoms with Crippen LogP contribution in [0.1, 0.15) is 42.1 Å². The number of hydrogen-bond acceptors (Lipinski definition) is 5. The Bertz CT molecular complexity index is 978. The summed E-state index contributed by atoms with van der Waals surface area (Å²) in [4.78, 5) is 24.9. The van der Waals surface area contributed by atoms with Gasteiger partial charge in [-0.25, -0.2) is 9.97 Å². The molecule has 146 valence electrons. The van der Waals surface area contributed by atoms with Crippen LogP contribution in [0.5, 0.6) is 0 Å². The number of rotatable bonds is 7. The molecule has 0 radical (unpaired) electrons. The summed E-state index contributed by atoms with van der Waals surface area (Å²) in [6, 6.07) is 9.53. The summed E-state index contributed by atoms with van der Waals surface area (Å²) in [6.07, 6.45) is 4.11. The van der Waals surface area contributed by atoms with E-state index in [0.29, 0.717) is 22.5 Å². The zero-order chi connectivity index (χ0) is 20.1. The number of amides is 1. The van der Waals surface area contributed by atoms with Crippen molar-refractivity contribution in [2.45, 2.75) is 26.2 Å². The predicted octanol–water partition coefficient (Wildman–Crippen LogP) is 4.28. The Morgan fingerprint density at radius 2 is 2.04 bits per heavy atom. The van der Waals surface area contributed by atoms with Gasteiger partial charge < -0.3 is 10.6 Å². The summed E-state index contributed by atoms with van der Waals surface area (Å²) < 4.78 is 0. The second-order valence-electron chi connectivity index (χ2n) is 6.78.